The first-order chi connectivity index (χ1) is 4.21. The van der Waals surface area contributed by atoms with Gasteiger partial charge in [0.2, 0.25) is 0 Å². The molecule has 0 amide bonds. The molecule has 0 rings (SSSR count). The largest absolute Gasteiger partial charge is 1.00 e. The van der Waals surface area contributed by atoms with E-state index < -0.39 is 15.6 Å². The predicted octanol–water partition coefficient (Wildman–Crippen LogP) is -15.4. The van der Waals surface area contributed by atoms with Gasteiger partial charge in [-0.25, -0.2) is 9.35 Å². The van der Waals surface area contributed by atoms with Crippen molar-refractivity contribution in [3.63, 3.8) is 0 Å². The van der Waals surface area contributed by atoms with E-state index >= 15 is 0 Å². The smallest absolute Gasteiger partial charge is 0.788 e. The SMILES string of the molecule is O=P([O-])([O-])OOP(=O)([O-])[O-].[K+].[K+].[K+].[Na+]. The molecular formula is K3NaO8P2. The Morgan fingerprint density at radius 1 is 0.714 bits per heavy atom. The molecule has 0 unspecified atom stereocenters. The summed E-state index contributed by atoms with van der Waals surface area (Å²) >= 11 is 0. The van der Waals surface area contributed by atoms with E-state index in [0.717, 1.165) is 0 Å². The minimum absolute atomic E-state index is 0. The molecule has 0 aromatic heterocycles. The van der Waals surface area contributed by atoms with E-state index in [1.807, 2.05) is 0 Å². The molecule has 0 radical (unpaired) electrons. The van der Waals surface area contributed by atoms with Crippen molar-refractivity contribution in [2.45, 2.75) is 0 Å². The first-order valence-corrected chi connectivity index (χ1v) is 4.55. The molecule has 0 aliphatic rings. The zero-order valence-electron chi connectivity index (χ0n) is 8.16. The van der Waals surface area contributed by atoms with Crippen LogP contribution in [0.15, 0.2) is 0 Å². The summed E-state index contributed by atoms with van der Waals surface area (Å²) in [4.78, 5) is 37.6. The maximum atomic E-state index is 9.40. The Bertz CT molecular complexity index is 173. The van der Waals surface area contributed by atoms with Gasteiger partial charge in [-0.3, -0.25) is 0 Å². The van der Waals surface area contributed by atoms with Crippen molar-refractivity contribution in [2.24, 2.45) is 0 Å². The first-order valence-electron chi connectivity index (χ1n) is 1.63. The van der Waals surface area contributed by atoms with E-state index in [4.69, 9.17) is 0 Å². The van der Waals surface area contributed by atoms with Crippen molar-refractivity contribution in [3.05, 3.63) is 0 Å². The van der Waals surface area contributed by atoms with Gasteiger partial charge >= 0.3 is 184 Å². The number of rotatable bonds is 3. The van der Waals surface area contributed by atoms with Crippen molar-refractivity contribution in [3.8, 4) is 0 Å². The molecule has 0 atom stereocenters. The number of hydrogen-bond donors (Lipinski definition) is 0. The summed E-state index contributed by atoms with van der Waals surface area (Å²) in [6, 6.07) is 0. The molecule has 0 aromatic rings. The van der Waals surface area contributed by atoms with Crippen molar-refractivity contribution < 1.29 is 222 Å². The van der Waals surface area contributed by atoms with Crippen LogP contribution in [0.25, 0.3) is 0 Å². The zero-order chi connectivity index (χ0) is 8.41. The van der Waals surface area contributed by atoms with Crippen LogP contribution in [-0.2, 0) is 18.5 Å². The summed E-state index contributed by atoms with van der Waals surface area (Å²) < 4.78 is 24.1. The van der Waals surface area contributed by atoms with Crippen LogP contribution in [0.3, 0.4) is 0 Å². The molecule has 0 fully saturated rings. The Morgan fingerprint density at radius 3 is 0.929 bits per heavy atom. The van der Waals surface area contributed by atoms with Gasteiger partial charge in [-0.05, 0) is 0 Å². The third-order valence-electron chi connectivity index (χ3n) is 0.216. The maximum Gasteiger partial charge on any atom is 1.00 e. The summed E-state index contributed by atoms with van der Waals surface area (Å²) in [7, 11) is -11.1. The molecule has 0 spiro atoms. The van der Waals surface area contributed by atoms with Crippen molar-refractivity contribution in [1.82, 2.24) is 0 Å². The van der Waals surface area contributed by atoms with E-state index in [9.17, 15) is 28.7 Å². The molecule has 0 aliphatic heterocycles. The third-order valence-corrected chi connectivity index (χ3v) is 0.848. The van der Waals surface area contributed by atoms with Crippen molar-refractivity contribution in [2.75, 3.05) is 0 Å². The second kappa shape index (κ2) is 15.5. The van der Waals surface area contributed by atoms with Gasteiger partial charge in [0.25, 0.3) is 0 Å². The van der Waals surface area contributed by atoms with Gasteiger partial charge < -0.3 is 28.7 Å². The summed E-state index contributed by atoms with van der Waals surface area (Å²) in [5.74, 6) is 0. The van der Waals surface area contributed by atoms with E-state index in [0.29, 0.717) is 0 Å². The normalized spacial score (nSPS) is 9.71. The van der Waals surface area contributed by atoms with Crippen LogP contribution < -0.4 is 203 Å². The van der Waals surface area contributed by atoms with Crippen molar-refractivity contribution in [1.29, 1.82) is 0 Å². The molecule has 0 aliphatic carbocycles. The van der Waals surface area contributed by atoms with Crippen LogP contribution in [0.5, 0.6) is 0 Å². The van der Waals surface area contributed by atoms with E-state index in [2.05, 4.69) is 9.35 Å². The van der Waals surface area contributed by atoms with Crippen LogP contribution in [0.2, 0.25) is 0 Å². The fourth-order valence-corrected chi connectivity index (χ4v) is 0.735. The van der Waals surface area contributed by atoms with Gasteiger partial charge in [0.1, 0.15) is 15.6 Å². The average molecular weight is 330 g/mol. The van der Waals surface area contributed by atoms with Gasteiger partial charge in [-0.15, -0.1) is 0 Å². The Balaban J connectivity index is -0.0000000675. The second-order valence-electron chi connectivity index (χ2n) is 1.04. The molecule has 14 heteroatoms. The minimum Gasteiger partial charge on any atom is -0.788 e. The quantitative estimate of drug-likeness (QED) is 0.215. The van der Waals surface area contributed by atoms with Crippen LogP contribution >= 0.6 is 15.6 Å². The Kier molecular flexibility index (Phi) is 35.7. The Morgan fingerprint density at radius 2 is 0.857 bits per heavy atom. The van der Waals surface area contributed by atoms with Crippen LogP contribution in [0.1, 0.15) is 0 Å². The standard InChI is InChI=1S/3K.Na.H4O8P2/c;;;;1-9(2,3)7-8-10(4,5)6/h;;;;(H2,1,2,3)(H2,4,5,6)/q4*+1;/p-4. The van der Waals surface area contributed by atoms with Crippen LogP contribution in [0, 0.1) is 0 Å². The van der Waals surface area contributed by atoms with Gasteiger partial charge in [0.05, 0.1) is 0 Å². The molecule has 0 aromatic carbocycles. The van der Waals surface area contributed by atoms with Crippen LogP contribution in [-0.4, -0.2) is 0 Å². The van der Waals surface area contributed by atoms with Gasteiger partial charge in [0.15, 0.2) is 0 Å². The predicted molar refractivity (Wildman–Crippen MR) is 17.4 cm³/mol. The maximum absolute atomic E-state index is 9.40. The molecule has 0 heterocycles. The molecule has 14 heavy (non-hydrogen) atoms. The molecule has 0 saturated carbocycles. The zero-order valence-corrected chi connectivity index (χ0v) is 21.3. The van der Waals surface area contributed by atoms with Crippen molar-refractivity contribution >= 4 is 15.6 Å². The van der Waals surface area contributed by atoms with Gasteiger partial charge in [-0.2, -0.15) is 0 Å². The fourth-order valence-electron chi connectivity index (χ4n) is 0.0816. The van der Waals surface area contributed by atoms with E-state index in [1.54, 1.807) is 0 Å². The number of hydrogen-bond acceptors (Lipinski definition) is 8. The average Bonchev–Trinajstić information content (AvgIpc) is 1.57. The van der Waals surface area contributed by atoms with Gasteiger partial charge in [-0.1, -0.05) is 0 Å². The van der Waals surface area contributed by atoms with Gasteiger partial charge in [0, 0.05) is 0 Å². The van der Waals surface area contributed by atoms with E-state index in [-0.39, 0.29) is 184 Å². The fraction of sp³-hybridized carbons (Fsp3) is 0. The molecular weight excluding hydrogens is 330 g/mol. The molecule has 62 valence electrons. The molecule has 0 bridgehead atoms. The molecule has 8 nitrogen and oxygen atoms in total. The minimum atomic E-state index is -5.56. The summed E-state index contributed by atoms with van der Waals surface area (Å²) in [5, 5.41) is 0. The van der Waals surface area contributed by atoms with E-state index in [1.165, 1.54) is 0 Å². The third kappa shape index (κ3) is 30.9. The second-order valence-corrected chi connectivity index (χ2v) is 3.13. The molecule has 0 saturated heterocycles. The van der Waals surface area contributed by atoms with Crippen LogP contribution in [0.4, 0.5) is 0 Å². The Hall–Kier alpha value is 6.13. The summed E-state index contributed by atoms with van der Waals surface area (Å²) in [6.07, 6.45) is 0. The Labute approximate surface area is 230 Å². The molecule has 0 N–H and O–H groups in total. The monoisotopic (exact) mass is 330 g/mol. The first kappa shape index (κ1) is 32.2. The summed E-state index contributed by atoms with van der Waals surface area (Å²) in [5.41, 5.74) is 0. The number of phosphoric acid groups is 2. The topological polar surface area (TPSA) is 145 Å². The summed E-state index contributed by atoms with van der Waals surface area (Å²) in [6.45, 7) is 0.